The lowest BCUT2D eigenvalue weighted by atomic mass is 10.1. The van der Waals surface area contributed by atoms with Crippen molar-refractivity contribution in [2.24, 2.45) is 10.2 Å². The molecular formula is C28H28FN7O4S2. The lowest BCUT2D eigenvalue weighted by molar-refractivity contribution is 0.600. The summed E-state index contributed by atoms with van der Waals surface area (Å²) in [5, 5.41) is 11.5. The molecular weight excluding hydrogens is 581 g/mol. The number of nitrogens with one attached hydrogen (secondary N) is 3. The van der Waals surface area contributed by atoms with Gasteiger partial charge in [0, 0.05) is 18.6 Å². The van der Waals surface area contributed by atoms with E-state index in [-0.39, 0.29) is 33.1 Å². The van der Waals surface area contributed by atoms with Crippen molar-refractivity contribution in [2.45, 2.75) is 23.6 Å². The molecule has 0 fully saturated rings. The van der Waals surface area contributed by atoms with Crippen LogP contribution in [0.1, 0.15) is 25.0 Å². The van der Waals surface area contributed by atoms with Crippen LogP contribution in [0.2, 0.25) is 0 Å². The topological polar surface area (TPSA) is 155 Å². The van der Waals surface area contributed by atoms with Crippen LogP contribution in [0.25, 0.3) is 0 Å². The first kappa shape index (κ1) is 30.3. The van der Waals surface area contributed by atoms with Crippen LogP contribution in [0, 0.1) is 5.82 Å². The van der Waals surface area contributed by atoms with Crippen molar-refractivity contribution >= 4 is 54.4 Å². The molecule has 0 bridgehead atoms. The number of para-hydroxylation sites is 1. The number of benzene rings is 3. The van der Waals surface area contributed by atoms with Crippen LogP contribution in [0.3, 0.4) is 0 Å². The summed E-state index contributed by atoms with van der Waals surface area (Å²) in [7, 11) is -6.65. The van der Waals surface area contributed by atoms with Crippen molar-refractivity contribution in [3.05, 3.63) is 95.8 Å². The predicted octanol–water partition coefficient (Wildman–Crippen LogP) is 4.84. The van der Waals surface area contributed by atoms with Gasteiger partial charge in [-0.05, 0) is 61.4 Å². The Balaban J connectivity index is 1.60. The Labute approximate surface area is 243 Å². The molecule has 0 aliphatic heterocycles. The SMILES string of the molecule is CC(=NNc1cc(NN=C(C)c2ccc(S(C)(=O)=O)cc2)nc(Nc2ccccc2F)n1)c1ccc(S(C)(=O)=O)cc1. The van der Waals surface area contributed by atoms with Gasteiger partial charge in [0.15, 0.2) is 31.3 Å². The molecule has 0 aliphatic carbocycles. The van der Waals surface area contributed by atoms with Gasteiger partial charge in [-0.25, -0.2) is 21.2 Å². The summed E-state index contributed by atoms with van der Waals surface area (Å²) in [4.78, 5) is 9.13. The monoisotopic (exact) mass is 609 g/mol. The second-order valence-corrected chi connectivity index (χ2v) is 13.3. The number of nitrogens with zero attached hydrogens (tertiary/aromatic N) is 4. The first-order valence-corrected chi connectivity index (χ1v) is 16.2. The summed E-state index contributed by atoms with van der Waals surface area (Å²) in [6.45, 7) is 3.48. The third-order valence-corrected chi connectivity index (χ3v) is 8.18. The number of aromatic nitrogens is 2. The first-order chi connectivity index (χ1) is 19.8. The van der Waals surface area contributed by atoms with Crippen LogP contribution < -0.4 is 16.2 Å². The molecule has 0 spiro atoms. The fourth-order valence-electron chi connectivity index (χ4n) is 3.60. The molecule has 1 aromatic heterocycles. The highest BCUT2D eigenvalue weighted by Gasteiger charge is 2.11. The third kappa shape index (κ3) is 7.95. The van der Waals surface area contributed by atoms with Crippen LogP contribution in [-0.4, -0.2) is 50.7 Å². The highest BCUT2D eigenvalue weighted by atomic mass is 32.2. The molecule has 42 heavy (non-hydrogen) atoms. The summed E-state index contributed by atoms with van der Waals surface area (Å²) < 4.78 is 61.3. The Morgan fingerprint density at radius 1 is 0.690 bits per heavy atom. The average Bonchev–Trinajstić information content (AvgIpc) is 2.95. The van der Waals surface area contributed by atoms with E-state index in [0.29, 0.717) is 22.6 Å². The largest absolute Gasteiger partial charge is 0.322 e. The number of sulfone groups is 2. The van der Waals surface area contributed by atoms with Crippen LogP contribution in [0.5, 0.6) is 0 Å². The molecule has 0 saturated heterocycles. The molecule has 0 amide bonds. The Morgan fingerprint density at radius 2 is 1.12 bits per heavy atom. The molecule has 0 atom stereocenters. The molecule has 4 rings (SSSR count). The van der Waals surface area contributed by atoms with Gasteiger partial charge in [0.1, 0.15) is 5.82 Å². The number of anilines is 4. The summed E-state index contributed by atoms with van der Waals surface area (Å²) in [5.74, 6) is 0.0720. The maximum atomic E-state index is 14.3. The maximum Gasteiger partial charge on any atom is 0.231 e. The fraction of sp³-hybridized carbons (Fsp3) is 0.143. The molecule has 11 nitrogen and oxygen atoms in total. The van der Waals surface area contributed by atoms with E-state index in [1.54, 1.807) is 56.3 Å². The molecule has 218 valence electrons. The predicted molar refractivity (Wildman–Crippen MR) is 162 cm³/mol. The van der Waals surface area contributed by atoms with Gasteiger partial charge >= 0.3 is 0 Å². The zero-order chi connectivity index (χ0) is 30.5. The van der Waals surface area contributed by atoms with E-state index in [2.05, 4.69) is 36.3 Å². The first-order valence-electron chi connectivity index (χ1n) is 12.4. The number of halogens is 1. The van der Waals surface area contributed by atoms with E-state index in [1.807, 2.05) is 0 Å². The summed E-state index contributed by atoms with van der Waals surface area (Å²) in [5.41, 5.74) is 8.35. The average molecular weight is 610 g/mol. The molecule has 4 aromatic rings. The Hall–Kier alpha value is -4.69. The van der Waals surface area contributed by atoms with Gasteiger partial charge in [-0.15, -0.1) is 0 Å². The molecule has 0 saturated carbocycles. The van der Waals surface area contributed by atoms with Crippen LogP contribution in [-0.2, 0) is 19.7 Å². The summed E-state index contributed by atoms with van der Waals surface area (Å²) >= 11 is 0. The van der Waals surface area contributed by atoms with Gasteiger partial charge in [0.25, 0.3) is 0 Å². The van der Waals surface area contributed by atoms with E-state index in [1.165, 1.54) is 36.4 Å². The van der Waals surface area contributed by atoms with Crippen molar-refractivity contribution < 1.29 is 21.2 Å². The van der Waals surface area contributed by atoms with Gasteiger partial charge in [-0.3, -0.25) is 10.9 Å². The van der Waals surface area contributed by atoms with Crippen molar-refractivity contribution in [1.82, 2.24) is 9.97 Å². The third-order valence-electron chi connectivity index (χ3n) is 5.92. The minimum atomic E-state index is -3.32. The molecule has 14 heteroatoms. The van der Waals surface area contributed by atoms with Gasteiger partial charge < -0.3 is 5.32 Å². The van der Waals surface area contributed by atoms with Crippen LogP contribution in [0.15, 0.2) is 98.9 Å². The number of rotatable bonds is 10. The lowest BCUT2D eigenvalue weighted by Gasteiger charge is -2.11. The van der Waals surface area contributed by atoms with Gasteiger partial charge in [0.2, 0.25) is 5.95 Å². The number of hydrogen-bond donors (Lipinski definition) is 3. The minimum Gasteiger partial charge on any atom is -0.322 e. The van der Waals surface area contributed by atoms with E-state index in [4.69, 9.17) is 0 Å². The summed E-state index contributed by atoms with van der Waals surface area (Å²) in [6.07, 6.45) is 2.27. The smallest absolute Gasteiger partial charge is 0.231 e. The fourth-order valence-corrected chi connectivity index (χ4v) is 4.86. The van der Waals surface area contributed by atoms with E-state index < -0.39 is 25.5 Å². The molecule has 0 unspecified atom stereocenters. The highest BCUT2D eigenvalue weighted by Crippen LogP contribution is 2.21. The van der Waals surface area contributed by atoms with Crippen molar-refractivity contribution in [3.63, 3.8) is 0 Å². The Kier molecular flexibility index (Phi) is 8.97. The second-order valence-electron chi connectivity index (χ2n) is 9.28. The van der Waals surface area contributed by atoms with Crippen molar-refractivity contribution in [1.29, 1.82) is 0 Å². The minimum absolute atomic E-state index is 0.0586. The number of hydrazone groups is 2. The zero-order valence-electron chi connectivity index (χ0n) is 23.1. The Morgan fingerprint density at radius 3 is 1.52 bits per heavy atom. The van der Waals surface area contributed by atoms with Crippen molar-refractivity contribution in [3.8, 4) is 0 Å². The van der Waals surface area contributed by atoms with E-state index in [9.17, 15) is 21.2 Å². The molecule has 3 N–H and O–H groups in total. The zero-order valence-corrected chi connectivity index (χ0v) is 24.8. The Bertz CT molecular complexity index is 1760. The standard InChI is InChI=1S/C28H28FN7O4S2/c1-18(20-9-13-22(14-10-20)41(3,37)38)33-35-26-17-27(32-28(31-26)30-25-8-6-5-7-24(25)29)36-34-19(2)21-11-15-23(16-12-21)42(4,39)40/h5-17H,1-4H3,(H3,30,31,32,35,36). The maximum absolute atomic E-state index is 14.3. The quantitative estimate of drug-likeness (QED) is 0.169. The molecule has 3 aromatic carbocycles. The summed E-state index contributed by atoms with van der Waals surface area (Å²) in [6, 6.07) is 20.2. The molecule has 0 aliphatic rings. The van der Waals surface area contributed by atoms with Gasteiger partial charge in [0.05, 0.1) is 26.9 Å². The highest BCUT2D eigenvalue weighted by molar-refractivity contribution is 7.91. The van der Waals surface area contributed by atoms with Crippen LogP contribution in [0.4, 0.5) is 27.7 Å². The molecule has 0 radical (unpaired) electrons. The normalized spacial score (nSPS) is 12.6. The van der Waals surface area contributed by atoms with Gasteiger partial charge in [-0.2, -0.15) is 20.2 Å². The molecule has 1 heterocycles. The van der Waals surface area contributed by atoms with E-state index in [0.717, 1.165) is 12.5 Å². The second kappa shape index (κ2) is 12.4. The van der Waals surface area contributed by atoms with Crippen LogP contribution >= 0.6 is 0 Å². The number of hydrogen-bond acceptors (Lipinski definition) is 11. The van der Waals surface area contributed by atoms with Crippen molar-refractivity contribution in [2.75, 3.05) is 28.7 Å². The van der Waals surface area contributed by atoms with Gasteiger partial charge in [-0.1, -0.05) is 36.4 Å². The lowest BCUT2D eigenvalue weighted by Crippen LogP contribution is -2.07. The van der Waals surface area contributed by atoms with E-state index >= 15 is 0 Å².